The Hall–Kier alpha value is -0.830. The second kappa shape index (κ2) is 5.43. The van der Waals surface area contributed by atoms with Crippen LogP contribution in [0.4, 0.5) is 0 Å². The lowest BCUT2D eigenvalue weighted by Gasteiger charge is -2.34. The number of rotatable bonds is 2. The van der Waals surface area contributed by atoms with Crippen molar-refractivity contribution in [2.75, 3.05) is 0 Å². The Morgan fingerprint density at radius 1 is 1.22 bits per heavy atom. The van der Waals surface area contributed by atoms with Crippen LogP contribution in [-0.2, 0) is 0 Å². The van der Waals surface area contributed by atoms with E-state index in [0.717, 1.165) is 22.9 Å². The van der Waals surface area contributed by atoms with Crippen LogP contribution in [0.1, 0.15) is 49.9 Å². The molecule has 0 unspecified atom stereocenters. The molecule has 0 saturated heterocycles. The Kier molecular flexibility index (Phi) is 4.10. The topological polar surface area (TPSA) is 29.1 Å². The van der Waals surface area contributed by atoms with E-state index in [1.807, 2.05) is 24.3 Å². The van der Waals surface area contributed by atoms with Crippen molar-refractivity contribution in [1.29, 1.82) is 0 Å². The summed E-state index contributed by atoms with van der Waals surface area (Å²) in [5.74, 6) is 0.0483. The zero-order valence-corrected chi connectivity index (χ0v) is 12.6. The molecule has 1 aromatic carbocycles. The monoisotopic (exact) mass is 309 g/mol. The molecule has 0 radical (unpaired) electrons. The zero-order valence-electron chi connectivity index (χ0n) is 11.0. The molecule has 0 bridgehead atoms. The van der Waals surface area contributed by atoms with E-state index in [1.165, 1.54) is 12.8 Å². The van der Waals surface area contributed by atoms with Crippen molar-refractivity contribution in [2.24, 2.45) is 5.41 Å². The van der Waals surface area contributed by atoms with Gasteiger partial charge in [-0.25, -0.2) is 0 Å². The van der Waals surface area contributed by atoms with Crippen LogP contribution in [0.15, 0.2) is 28.7 Å². The van der Waals surface area contributed by atoms with Crippen molar-refractivity contribution in [2.45, 2.75) is 45.6 Å². The van der Waals surface area contributed by atoms with Crippen molar-refractivity contribution in [1.82, 2.24) is 5.32 Å². The highest BCUT2D eigenvalue weighted by Gasteiger charge is 2.27. The summed E-state index contributed by atoms with van der Waals surface area (Å²) in [5.41, 5.74) is 1.18. The molecule has 18 heavy (non-hydrogen) atoms. The molecule has 1 aliphatic carbocycles. The largest absolute Gasteiger partial charge is 0.349 e. The van der Waals surface area contributed by atoms with Crippen molar-refractivity contribution >= 4 is 21.8 Å². The standard InChI is InChI=1S/C15H20BrNO/c1-15(2)9-7-13(8-10-15)17-14(18)11-3-5-12(16)6-4-11/h3-6,13H,7-10H2,1-2H3,(H,17,18). The Labute approximate surface area is 117 Å². The van der Waals surface area contributed by atoms with Gasteiger partial charge in [-0.2, -0.15) is 0 Å². The number of carbonyl (C=O) groups is 1. The number of hydrogen-bond acceptors (Lipinski definition) is 1. The molecular formula is C15H20BrNO. The SMILES string of the molecule is CC1(C)CCC(NC(=O)c2ccc(Br)cc2)CC1. The Bertz CT molecular complexity index is 415. The first-order valence-corrected chi connectivity index (χ1v) is 7.32. The molecule has 2 rings (SSSR count). The molecule has 1 aromatic rings. The van der Waals surface area contributed by atoms with Gasteiger partial charge in [-0.15, -0.1) is 0 Å². The maximum atomic E-state index is 12.1. The minimum absolute atomic E-state index is 0.0483. The smallest absolute Gasteiger partial charge is 0.251 e. The fourth-order valence-corrected chi connectivity index (χ4v) is 2.68. The van der Waals surface area contributed by atoms with Crippen LogP contribution in [0.25, 0.3) is 0 Å². The number of hydrogen-bond donors (Lipinski definition) is 1. The van der Waals surface area contributed by atoms with Crippen molar-refractivity contribution in [3.8, 4) is 0 Å². The Morgan fingerprint density at radius 3 is 2.33 bits per heavy atom. The van der Waals surface area contributed by atoms with E-state index in [9.17, 15) is 4.79 Å². The summed E-state index contributed by atoms with van der Waals surface area (Å²) in [6.45, 7) is 4.61. The van der Waals surface area contributed by atoms with Gasteiger partial charge in [-0.05, 0) is 55.4 Å². The number of amides is 1. The molecule has 1 aliphatic rings. The maximum absolute atomic E-state index is 12.1. The summed E-state index contributed by atoms with van der Waals surface area (Å²) in [7, 11) is 0. The molecule has 0 heterocycles. The minimum Gasteiger partial charge on any atom is -0.349 e. The van der Waals surface area contributed by atoms with Gasteiger partial charge < -0.3 is 5.32 Å². The fraction of sp³-hybridized carbons (Fsp3) is 0.533. The third kappa shape index (κ3) is 3.58. The van der Waals surface area contributed by atoms with E-state index < -0.39 is 0 Å². The molecule has 3 heteroatoms. The second-order valence-corrected chi connectivity index (χ2v) is 6.83. The highest BCUT2D eigenvalue weighted by Crippen LogP contribution is 2.35. The molecule has 2 nitrogen and oxygen atoms in total. The molecule has 1 amide bonds. The first-order chi connectivity index (χ1) is 8.46. The quantitative estimate of drug-likeness (QED) is 0.873. The predicted octanol–water partition coefficient (Wildman–Crippen LogP) is 4.15. The first kappa shape index (κ1) is 13.6. The average molecular weight is 310 g/mol. The van der Waals surface area contributed by atoms with E-state index in [1.54, 1.807) is 0 Å². The van der Waals surface area contributed by atoms with Crippen LogP contribution in [0.3, 0.4) is 0 Å². The molecule has 1 saturated carbocycles. The van der Waals surface area contributed by atoms with E-state index in [-0.39, 0.29) is 5.91 Å². The van der Waals surface area contributed by atoms with Crippen molar-refractivity contribution < 1.29 is 4.79 Å². The highest BCUT2D eigenvalue weighted by molar-refractivity contribution is 9.10. The zero-order chi connectivity index (χ0) is 13.2. The lowest BCUT2D eigenvalue weighted by atomic mass is 9.75. The lowest BCUT2D eigenvalue weighted by molar-refractivity contribution is 0.0909. The summed E-state index contributed by atoms with van der Waals surface area (Å²) in [5, 5.41) is 3.14. The summed E-state index contributed by atoms with van der Waals surface area (Å²) in [6.07, 6.45) is 4.57. The fourth-order valence-electron chi connectivity index (χ4n) is 2.41. The second-order valence-electron chi connectivity index (χ2n) is 5.92. The normalized spacial score (nSPS) is 19.5. The van der Waals surface area contributed by atoms with Crippen LogP contribution in [0.2, 0.25) is 0 Å². The average Bonchev–Trinajstić information content (AvgIpc) is 2.33. The predicted molar refractivity (Wildman–Crippen MR) is 77.6 cm³/mol. The molecule has 1 fully saturated rings. The minimum atomic E-state index is 0.0483. The van der Waals surface area contributed by atoms with Crippen LogP contribution in [-0.4, -0.2) is 11.9 Å². The third-order valence-corrected chi connectivity index (χ3v) is 4.31. The maximum Gasteiger partial charge on any atom is 0.251 e. The van der Waals surface area contributed by atoms with Crippen LogP contribution in [0.5, 0.6) is 0 Å². The van der Waals surface area contributed by atoms with Gasteiger partial charge in [0.15, 0.2) is 0 Å². The highest BCUT2D eigenvalue weighted by atomic mass is 79.9. The van der Waals surface area contributed by atoms with E-state index in [0.29, 0.717) is 11.5 Å². The molecule has 1 N–H and O–H groups in total. The summed E-state index contributed by atoms with van der Waals surface area (Å²) in [6, 6.07) is 7.85. The lowest BCUT2D eigenvalue weighted by Crippen LogP contribution is -2.39. The number of benzene rings is 1. The van der Waals surface area contributed by atoms with Gasteiger partial charge in [0.05, 0.1) is 0 Å². The van der Waals surface area contributed by atoms with Gasteiger partial charge in [0.25, 0.3) is 5.91 Å². The van der Waals surface area contributed by atoms with E-state index in [4.69, 9.17) is 0 Å². The molecule has 0 aromatic heterocycles. The Morgan fingerprint density at radius 2 is 1.78 bits per heavy atom. The molecule has 0 spiro atoms. The van der Waals surface area contributed by atoms with Crippen LogP contribution < -0.4 is 5.32 Å². The molecular weight excluding hydrogens is 290 g/mol. The molecule has 0 aliphatic heterocycles. The van der Waals surface area contributed by atoms with Gasteiger partial charge in [0, 0.05) is 16.1 Å². The van der Waals surface area contributed by atoms with Crippen molar-refractivity contribution in [3.63, 3.8) is 0 Å². The van der Waals surface area contributed by atoms with Crippen LogP contribution in [0, 0.1) is 5.41 Å². The van der Waals surface area contributed by atoms with E-state index in [2.05, 4.69) is 35.1 Å². The number of nitrogens with one attached hydrogen (secondary N) is 1. The van der Waals surface area contributed by atoms with Gasteiger partial charge in [0.1, 0.15) is 0 Å². The molecule has 98 valence electrons. The molecule has 0 atom stereocenters. The van der Waals surface area contributed by atoms with Gasteiger partial charge in [-0.3, -0.25) is 4.79 Å². The van der Waals surface area contributed by atoms with Gasteiger partial charge >= 0.3 is 0 Å². The van der Waals surface area contributed by atoms with Gasteiger partial charge in [0.2, 0.25) is 0 Å². The third-order valence-electron chi connectivity index (χ3n) is 3.78. The summed E-state index contributed by atoms with van der Waals surface area (Å²) >= 11 is 3.37. The van der Waals surface area contributed by atoms with Crippen molar-refractivity contribution in [3.05, 3.63) is 34.3 Å². The number of halogens is 1. The van der Waals surface area contributed by atoms with E-state index >= 15 is 0 Å². The first-order valence-electron chi connectivity index (χ1n) is 6.53. The Balaban J connectivity index is 1.90. The number of carbonyl (C=O) groups excluding carboxylic acids is 1. The van der Waals surface area contributed by atoms with Gasteiger partial charge in [-0.1, -0.05) is 29.8 Å². The summed E-state index contributed by atoms with van der Waals surface area (Å²) in [4.78, 5) is 12.1. The summed E-state index contributed by atoms with van der Waals surface area (Å²) < 4.78 is 0.999. The van der Waals surface area contributed by atoms with Crippen LogP contribution >= 0.6 is 15.9 Å².